The summed E-state index contributed by atoms with van der Waals surface area (Å²) < 4.78 is 11.5. The van der Waals surface area contributed by atoms with Gasteiger partial charge in [-0.3, -0.25) is 9.79 Å². The molecule has 2 bridgehead atoms. The number of aliphatic hydroxyl groups is 2. The lowest BCUT2D eigenvalue weighted by Crippen LogP contribution is -2.45. The number of fused-ring (bicyclic) bond motifs is 5. The smallest absolute Gasteiger partial charge is 0.201 e. The van der Waals surface area contributed by atoms with E-state index in [0.717, 1.165) is 28.2 Å². The summed E-state index contributed by atoms with van der Waals surface area (Å²) in [6, 6.07) is 5.33. The SMILES string of the molecule is COc1c(O)ccc2c1C#CCc1cc(c3c(c1O)OC(O)C(C1CN=C(N)NC(C(C)C)CSSC1)C3)CCC(O)CC(=O)CC2. The number of hydrogen-bond donors (Lipinski definition) is 6. The summed E-state index contributed by atoms with van der Waals surface area (Å²) in [6.45, 7) is 4.71. The highest BCUT2D eigenvalue weighted by Gasteiger charge is 2.38. The molecule has 0 spiro atoms. The number of carbonyl (C=O) groups is 1. The van der Waals surface area contributed by atoms with Crippen LogP contribution in [-0.2, 0) is 30.5 Å². The largest absolute Gasteiger partial charge is 0.504 e. The number of Topliss-reactive ketones (excluding diaryl/α,β-unsaturated/α-hetero) is 1. The number of nitrogens with zero attached hydrogens (tertiary/aromatic N) is 1. The molecular weight excluding hydrogens is 639 g/mol. The Morgan fingerprint density at radius 2 is 1.87 bits per heavy atom. The van der Waals surface area contributed by atoms with Crippen molar-refractivity contribution in [1.29, 1.82) is 0 Å². The number of nitrogens with two attached hydrogens (primary N) is 1. The number of phenols is 2. The average Bonchev–Trinajstić information content (AvgIpc) is 3.04. The predicted octanol–water partition coefficient (Wildman–Crippen LogP) is 3.71. The number of guanidine groups is 1. The van der Waals surface area contributed by atoms with Gasteiger partial charge in [0.25, 0.3) is 0 Å². The van der Waals surface area contributed by atoms with Crippen LogP contribution in [0.25, 0.3) is 0 Å². The second-order valence-electron chi connectivity index (χ2n) is 12.8. The lowest BCUT2D eigenvalue weighted by Gasteiger charge is -2.37. The highest BCUT2D eigenvalue weighted by atomic mass is 33.1. The number of carbonyl (C=O) groups excluding carboxylic acids is 1. The van der Waals surface area contributed by atoms with Gasteiger partial charge in [0.05, 0.1) is 18.8 Å². The molecule has 2 heterocycles. The van der Waals surface area contributed by atoms with Gasteiger partial charge in [-0.05, 0) is 54.7 Å². The minimum atomic E-state index is -1.18. The van der Waals surface area contributed by atoms with Crippen LogP contribution in [0.3, 0.4) is 0 Å². The molecule has 0 fully saturated rings. The number of phenolic OH excluding ortho intramolecular Hbond substituents is 2. The number of aliphatic hydroxyl groups excluding tert-OH is 2. The Labute approximate surface area is 284 Å². The Morgan fingerprint density at radius 1 is 1.09 bits per heavy atom. The van der Waals surface area contributed by atoms with Crippen LogP contribution in [0, 0.1) is 29.6 Å². The van der Waals surface area contributed by atoms with Crippen LogP contribution in [0.2, 0.25) is 0 Å². The number of methoxy groups -OCH3 is 1. The van der Waals surface area contributed by atoms with Crippen molar-refractivity contribution in [1.82, 2.24) is 5.32 Å². The van der Waals surface area contributed by atoms with E-state index in [1.165, 1.54) is 13.2 Å². The number of ketones is 1. The molecule has 5 rings (SSSR count). The summed E-state index contributed by atoms with van der Waals surface area (Å²) in [4.78, 5) is 17.5. The minimum absolute atomic E-state index is 0.0172. The van der Waals surface area contributed by atoms with Gasteiger partial charge >= 0.3 is 0 Å². The third kappa shape index (κ3) is 8.44. The van der Waals surface area contributed by atoms with Crippen molar-refractivity contribution in [2.24, 2.45) is 28.5 Å². The van der Waals surface area contributed by atoms with E-state index >= 15 is 0 Å². The van der Waals surface area contributed by atoms with Crippen LogP contribution < -0.4 is 20.5 Å². The van der Waals surface area contributed by atoms with Gasteiger partial charge in [0.15, 0.2) is 29.0 Å². The van der Waals surface area contributed by atoms with Crippen LogP contribution >= 0.6 is 21.6 Å². The minimum Gasteiger partial charge on any atom is -0.504 e. The lowest BCUT2D eigenvalue weighted by molar-refractivity contribution is -0.121. The molecule has 2 aliphatic heterocycles. The molecule has 5 atom stereocenters. The molecule has 2 aromatic carbocycles. The van der Waals surface area contributed by atoms with Crippen molar-refractivity contribution in [3.8, 4) is 34.8 Å². The number of hydrogen-bond acceptors (Lipinski definition) is 12. The van der Waals surface area contributed by atoms with Crippen molar-refractivity contribution < 1.29 is 34.7 Å². The standard InChI is InChI=1S/C35H45N3O7S2/c1-19(2)29-18-47-46-17-23(16-37-35(36)38-29)28-15-27-21-8-11-25(40)14-24(39)10-7-20-9-12-30(41)32(44-3)26(20)6-4-5-22(13-21)31(42)33(27)45-34(28)43/h9,12-13,19,23,25,28-29,34,40-43H,5,7-8,10-11,14-18H2,1-3H3,(H3,36,37,38). The van der Waals surface area contributed by atoms with E-state index in [2.05, 4.69) is 36.0 Å². The van der Waals surface area contributed by atoms with Crippen LogP contribution in [0.4, 0.5) is 0 Å². The fourth-order valence-electron chi connectivity index (χ4n) is 6.33. The van der Waals surface area contributed by atoms with Gasteiger partial charge in [0, 0.05) is 60.4 Å². The first-order valence-electron chi connectivity index (χ1n) is 16.1. The molecule has 254 valence electrons. The van der Waals surface area contributed by atoms with E-state index in [9.17, 15) is 25.2 Å². The summed E-state index contributed by atoms with van der Waals surface area (Å²) in [6.07, 6.45) is -0.00650. The van der Waals surface area contributed by atoms with Crippen LogP contribution in [0.1, 0.15) is 60.9 Å². The highest BCUT2D eigenvalue weighted by Crippen LogP contribution is 2.45. The second-order valence-corrected chi connectivity index (χ2v) is 15.4. The summed E-state index contributed by atoms with van der Waals surface area (Å²) in [5.74, 6) is 8.46. The Balaban J connectivity index is 1.49. The third-order valence-corrected chi connectivity index (χ3v) is 11.8. The van der Waals surface area contributed by atoms with E-state index in [-0.39, 0.29) is 65.9 Å². The molecular formula is C35H45N3O7S2. The first kappa shape index (κ1) is 35.1. The maximum absolute atomic E-state index is 12.9. The van der Waals surface area contributed by atoms with Crippen molar-refractivity contribution >= 4 is 33.3 Å². The Kier molecular flexibility index (Phi) is 11.8. The highest BCUT2D eigenvalue weighted by molar-refractivity contribution is 8.76. The topological polar surface area (TPSA) is 167 Å². The van der Waals surface area contributed by atoms with Gasteiger partial charge in [0.1, 0.15) is 5.78 Å². The second kappa shape index (κ2) is 15.8. The molecule has 3 aliphatic rings. The molecule has 0 aromatic heterocycles. The molecule has 10 nitrogen and oxygen atoms in total. The summed E-state index contributed by atoms with van der Waals surface area (Å²) >= 11 is 0. The fraction of sp³-hybridized carbons (Fsp3) is 0.543. The van der Waals surface area contributed by atoms with Gasteiger partial charge in [-0.15, -0.1) is 0 Å². The van der Waals surface area contributed by atoms with Crippen LogP contribution in [0.5, 0.6) is 23.0 Å². The number of aryl methyl sites for hydroxylation is 2. The molecule has 0 radical (unpaired) electrons. The number of ether oxygens (including phenoxy) is 2. The molecule has 1 aliphatic carbocycles. The molecule has 2 aromatic rings. The van der Waals surface area contributed by atoms with E-state index in [0.29, 0.717) is 55.2 Å². The van der Waals surface area contributed by atoms with Gasteiger partial charge in [0.2, 0.25) is 6.29 Å². The van der Waals surface area contributed by atoms with E-state index < -0.39 is 12.4 Å². The number of nitrogens with one attached hydrogen (secondary N) is 1. The Morgan fingerprint density at radius 3 is 2.64 bits per heavy atom. The molecule has 7 N–H and O–H groups in total. The van der Waals surface area contributed by atoms with Crippen molar-refractivity contribution in [2.45, 2.75) is 77.2 Å². The molecule has 5 unspecified atom stereocenters. The average molecular weight is 684 g/mol. The molecule has 0 saturated carbocycles. The van der Waals surface area contributed by atoms with Crippen LogP contribution in [-0.4, -0.2) is 75.8 Å². The van der Waals surface area contributed by atoms with Crippen molar-refractivity contribution in [2.75, 3.05) is 25.2 Å². The quantitative estimate of drug-likeness (QED) is 0.206. The number of aromatic hydroxyl groups is 2. The first-order chi connectivity index (χ1) is 22.5. The summed E-state index contributed by atoms with van der Waals surface area (Å²) in [5, 5.41) is 47.3. The fourth-order valence-corrected chi connectivity index (χ4v) is 9.21. The first-order valence-corrected chi connectivity index (χ1v) is 18.6. The summed E-state index contributed by atoms with van der Waals surface area (Å²) in [7, 11) is 4.97. The van der Waals surface area contributed by atoms with Gasteiger partial charge in [-0.25, -0.2) is 0 Å². The monoisotopic (exact) mass is 683 g/mol. The summed E-state index contributed by atoms with van der Waals surface area (Å²) in [5.41, 5.74) is 9.64. The maximum atomic E-state index is 12.9. The number of benzene rings is 2. The van der Waals surface area contributed by atoms with Crippen molar-refractivity contribution in [3.63, 3.8) is 0 Å². The molecule has 47 heavy (non-hydrogen) atoms. The Hall–Kier alpha value is -3.24. The molecule has 0 saturated heterocycles. The van der Waals surface area contributed by atoms with E-state index in [1.54, 1.807) is 27.7 Å². The molecule has 12 heteroatoms. The predicted molar refractivity (Wildman–Crippen MR) is 186 cm³/mol. The number of rotatable bonds is 3. The van der Waals surface area contributed by atoms with E-state index in [1.807, 2.05) is 6.07 Å². The lowest BCUT2D eigenvalue weighted by atomic mass is 9.81. The number of aliphatic imine (C=N–C) groups is 1. The van der Waals surface area contributed by atoms with E-state index in [4.69, 9.17) is 15.2 Å². The Bertz CT molecular complexity index is 1550. The zero-order valence-electron chi connectivity index (χ0n) is 27.1. The van der Waals surface area contributed by atoms with Crippen LogP contribution in [0.15, 0.2) is 23.2 Å². The van der Waals surface area contributed by atoms with Gasteiger partial charge in [-0.1, -0.05) is 59.4 Å². The van der Waals surface area contributed by atoms with Gasteiger partial charge in [-0.2, -0.15) is 0 Å². The normalized spacial score (nSPS) is 25.7. The third-order valence-electron chi connectivity index (χ3n) is 9.23. The molecule has 0 amide bonds. The zero-order chi connectivity index (χ0) is 33.7. The zero-order valence-corrected chi connectivity index (χ0v) is 28.8. The van der Waals surface area contributed by atoms with Gasteiger partial charge < -0.3 is 41.0 Å². The maximum Gasteiger partial charge on any atom is 0.201 e. The van der Waals surface area contributed by atoms with Crippen molar-refractivity contribution in [3.05, 3.63) is 46.0 Å².